The molecule has 0 aliphatic carbocycles. The number of fused-ring (bicyclic) bond motifs is 3. The summed E-state index contributed by atoms with van der Waals surface area (Å²) in [5.41, 5.74) is -2.20. The lowest BCUT2D eigenvalue weighted by Gasteiger charge is -2.38. The molecule has 2 aliphatic heterocycles. The number of likely N-dealkylation sites (tertiary alicyclic amines) is 1. The number of hydrogen-bond donors (Lipinski definition) is 1. The van der Waals surface area contributed by atoms with Crippen LogP contribution < -0.4 is 5.32 Å². The summed E-state index contributed by atoms with van der Waals surface area (Å²) in [6, 6.07) is 3.63. The molecule has 1 aromatic carbocycles. The van der Waals surface area contributed by atoms with Crippen LogP contribution >= 0.6 is 31.9 Å². The molecular formula is C16H19Br2FN2O2. The fourth-order valence-electron chi connectivity index (χ4n) is 3.36. The lowest BCUT2D eigenvalue weighted by molar-refractivity contribution is -0.00606. The Hall–Kier alpha value is -0.820. The Balaban J connectivity index is 2.02. The molecule has 0 unspecified atom stereocenters. The van der Waals surface area contributed by atoms with Crippen LogP contribution in [-0.2, 0) is 10.4 Å². The van der Waals surface area contributed by atoms with Crippen LogP contribution in [0.4, 0.5) is 14.9 Å². The molecule has 2 heterocycles. The normalized spacial score (nSPS) is 29.1. The molecule has 1 amide bonds. The fraction of sp³-hybridized carbons (Fsp3) is 0.562. The van der Waals surface area contributed by atoms with Crippen LogP contribution in [0.3, 0.4) is 0 Å². The summed E-state index contributed by atoms with van der Waals surface area (Å²) >= 11 is 6.88. The van der Waals surface area contributed by atoms with Crippen molar-refractivity contribution in [2.24, 2.45) is 0 Å². The van der Waals surface area contributed by atoms with Gasteiger partial charge in [-0.2, -0.15) is 0 Å². The third-order valence-corrected chi connectivity index (χ3v) is 5.54. The van der Waals surface area contributed by atoms with Gasteiger partial charge in [0.25, 0.3) is 0 Å². The maximum atomic E-state index is 15.9. The van der Waals surface area contributed by atoms with Gasteiger partial charge in [-0.05, 0) is 55.8 Å². The molecule has 126 valence electrons. The van der Waals surface area contributed by atoms with Crippen LogP contribution in [0.15, 0.2) is 21.1 Å². The first-order valence-electron chi connectivity index (χ1n) is 7.45. The first kappa shape index (κ1) is 17.0. The number of nitrogens with zero attached hydrogens (tertiary/aromatic N) is 1. The lowest BCUT2D eigenvalue weighted by atomic mass is 9.88. The summed E-state index contributed by atoms with van der Waals surface area (Å²) in [4.78, 5) is 14.0. The van der Waals surface area contributed by atoms with E-state index in [1.54, 1.807) is 33.8 Å². The monoisotopic (exact) mass is 448 g/mol. The summed E-state index contributed by atoms with van der Waals surface area (Å²) in [6.07, 6.45) is -0.277. The number of halogens is 3. The number of alkyl halides is 1. The van der Waals surface area contributed by atoms with E-state index in [1.165, 1.54) is 4.90 Å². The van der Waals surface area contributed by atoms with E-state index in [1.807, 2.05) is 6.07 Å². The van der Waals surface area contributed by atoms with Crippen molar-refractivity contribution >= 4 is 43.6 Å². The Kier molecular flexibility index (Phi) is 3.76. The highest BCUT2D eigenvalue weighted by Crippen LogP contribution is 2.58. The molecule has 0 radical (unpaired) electrons. The van der Waals surface area contributed by atoms with Gasteiger partial charge in [0.15, 0.2) is 11.3 Å². The lowest BCUT2D eigenvalue weighted by Crippen LogP contribution is -2.56. The van der Waals surface area contributed by atoms with Gasteiger partial charge in [-0.1, -0.05) is 15.9 Å². The van der Waals surface area contributed by atoms with Crippen LogP contribution in [0.5, 0.6) is 0 Å². The zero-order valence-corrected chi connectivity index (χ0v) is 16.6. The van der Waals surface area contributed by atoms with Crippen molar-refractivity contribution in [1.82, 2.24) is 4.90 Å². The number of nitrogens with one attached hydrogen (secondary N) is 1. The Morgan fingerprint density at radius 3 is 2.65 bits per heavy atom. The summed E-state index contributed by atoms with van der Waals surface area (Å²) in [5.74, 6) is 0. The average Bonchev–Trinajstić information content (AvgIpc) is 2.75. The molecule has 1 N–H and O–H groups in total. The van der Waals surface area contributed by atoms with Gasteiger partial charge in [-0.3, -0.25) is 4.90 Å². The van der Waals surface area contributed by atoms with Crippen molar-refractivity contribution in [3.8, 4) is 0 Å². The largest absolute Gasteiger partial charge is 0.444 e. The SMILES string of the molecule is CC(C)(C)OC(=O)N1CC[C@@]2(F)c3cc(Br)cc(Br)c3N[C@@]12C. The van der Waals surface area contributed by atoms with E-state index in [2.05, 4.69) is 37.2 Å². The number of carbonyl (C=O) groups excluding carboxylic acids is 1. The number of benzene rings is 1. The Morgan fingerprint density at radius 1 is 1.39 bits per heavy atom. The Bertz CT molecular complexity index is 691. The molecule has 1 aromatic rings. The quantitative estimate of drug-likeness (QED) is 0.594. The van der Waals surface area contributed by atoms with E-state index in [4.69, 9.17) is 4.74 Å². The molecule has 1 saturated heterocycles. The van der Waals surface area contributed by atoms with Gasteiger partial charge < -0.3 is 10.1 Å². The molecule has 2 atom stereocenters. The first-order valence-corrected chi connectivity index (χ1v) is 9.04. The number of carbonyl (C=O) groups is 1. The van der Waals surface area contributed by atoms with Crippen molar-refractivity contribution in [3.05, 3.63) is 26.6 Å². The highest BCUT2D eigenvalue weighted by Gasteiger charge is 2.65. The first-order chi connectivity index (χ1) is 10.5. The highest BCUT2D eigenvalue weighted by molar-refractivity contribution is 9.11. The smallest absolute Gasteiger partial charge is 0.412 e. The maximum absolute atomic E-state index is 15.9. The summed E-state index contributed by atoms with van der Waals surface area (Å²) in [5, 5.41) is 3.21. The van der Waals surface area contributed by atoms with Gasteiger partial charge in [-0.15, -0.1) is 0 Å². The zero-order valence-electron chi connectivity index (χ0n) is 13.5. The minimum absolute atomic E-state index is 0.228. The van der Waals surface area contributed by atoms with Crippen molar-refractivity contribution in [3.63, 3.8) is 0 Å². The third kappa shape index (κ3) is 2.47. The number of amides is 1. The van der Waals surface area contributed by atoms with Gasteiger partial charge in [0.05, 0.1) is 5.69 Å². The van der Waals surface area contributed by atoms with Crippen LogP contribution in [-0.4, -0.2) is 28.8 Å². The number of anilines is 1. The number of ether oxygens (including phenoxy) is 1. The van der Waals surface area contributed by atoms with Gasteiger partial charge in [0, 0.05) is 27.5 Å². The van der Waals surface area contributed by atoms with Crippen LogP contribution in [0.25, 0.3) is 0 Å². The molecule has 4 nitrogen and oxygen atoms in total. The topological polar surface area (TPSA) is 41.6 Å². The standard InChI is InChI=1S/C16H19Br2FN2O2/c1-14(2,3)23-13(22)21-6-5-16(19)10-7-9(17)8-11(18)12(10)20-15(16,21)4/h7-8,20H,5-6H2,1-4H3/t15-,16+/m0/s1. The molecule has 23 heavy (non-hydrogen) atoms. The molecule has 0 spiro atoms. The predicted molar refractivity (Wildman–Crippen MR) is 94.2 cm³/mol. The zero-order chi connectivity index (χ0) is 17.2. The van der Waals surface area contributed by atoms with Gasteiger partial charge in [0.2, 0.25) is 0 Å². The van der Waals surface area contributed by atoms with Crippen molar-refractivity contribution in [2.45, 2.75) is 51.0 Å². The van der Waals surface area contributed by atoms with Crippen LogP contribution in [0.2, 0.25) is 0 Å². The second kappa shape index (κ2) is 5.09. The van der Waals surface area contributed by atoms with Crippen molar-refractivity contribution in [2.75, 3.05) is 11.9 Å². The van der Waals surface area contributed by atoms with E-state index in [-0.39, 0.29) is 6.42 Å². The minimum Gasteiger partial charge on any atom is -0.444 e. The van der Waals surface area contributed by atoms with E-state index < -0.39 is 23.0 Å². The van der Waals surface area contributed by atoms with E-state index in [0.717, 1.165) is 8.95 Å². The van der Waals surface area contributed by atoms with Crippen molar-refractivity contribution < 1.29 is 13.9 Å². The molecule has 1 fully saturated rings. The number of hydrogen-bond acceptors (Lipinski definition) is 3. The average molecular weight is 450 g/mol. The molecule has 0 bridgehead atoms. The second-order valence-corrected chi connectivity index (χ2v) is 8.96. The van der Waals surface area contributed by atoms with Crippen LogP contribution in [0, 0.1) is 0 Å². The minimum atomic E-state index is -1.66. The third-order valence-electron chi connectivity index (χ3n) is 4.46. The van der Waals surface area contributed by atoms with Gasteiger partial charge in [0.1, 0.15) is 5.60 Å². The Morgan fingerprint density at radius 2 is 2.04 bits per heavy atom. The van der Waals surface area contributed by atoms with E-state index in [0.29, 0.717) is 17.8 Å². The molecule has 2 aliphatic rings. The molecule has 0 saturated carbocycles. The molecular weight excluding hydrogens is 431 g/mol. The predicted octanol–water partition coefficient (Wildman–Crippen LogP) is 5.16. The second-order valence-electron chi connectivity index (χ2n) is 7.19. The van der Waals surface area contributed by atoms with Crippen LogP contribution in [0.1, 0.15) is 39.7 Å². The molecule has 3 rings (SSSR count). The highest BCUT2D eigenvalue weighted by atomic mass is 79.9. The Labute approximate surface area is 152 Å². The van der Waals surface area contributed by atoms with Crippen molar-refractivity contribution in [1.29, 1.82) is 0 Å². The maximum Gasteiger partial charge on any atom is 0.412 e. The summed E-state index contributed by atoms with van der Waals surface area (Å²) < 4.78 is 22.9. The number of rotatable bonds is 0. The van der Waals surface area contributed by atoms with Gasteiger partial charge >= 0.3 is 6.09 Å². The van der Waals surface area contributed by atoms with Gasteiger partial charge in [-0.25, -0.2) is 9.18 Å². The summed E-state index contributed by atoms with van der Waals surface area (Å²) in [7, 11) is 0. The molecule has 7 heteroatoms. The van der Waals surface area contributed by atoms with E-state index >= 15 is 4.39 Å². The summed E-state index contributed by atoms with van der Waals surface area (Å²) in [6.45, 7) is 7.42. The molecule has 0 aromatic heterocycles. The van der Waals surface area contributed by atoms with E-state index in [9.17, 15) is 4.79 Å². The fourth-order valence-corrected chi connectivity index (χ4v) is 4.68.